The topological polar surface area (TPSA) is 8.81 Å². The second-order valence-electron chi connectivity index (χ2n) is 8.91. The summed E-state index contributed by atoms with van der Waals surface area (Å²) in [4.78, 5) is 0. The molecule has 2 aromatic carbocycles. The lowest BCUT2D eigenvalue weighted by Crippen LogP contribution is -2.38. The molecule has 3 rings (SSSR count). The summed E-state index contributed by atoms with van der Waals surface area (Å²) in [5.41, 5.74) is 2.87. The third-order valence-corrected chi connectivity index (χ3v) is 6.51. The monoisotopic (exact) mass is 403 g/mol. The van der Waals surface area contributed by atoms with Crippen LogP contribution < -0.4 is 4.57 Å². The van der Waals surface area contributed by atoms with Crippen LogP contribution in [0.15, 0.2) is 79.4 Å². The fourth-order valence-corrected chi connectivity index (χ4v) is 4.70. The maximum atomic E-state index is 2.50. The Bertz CT molecular complexity index is 853. The summed E-state index contributed by atoms with van der Waals surface area (Å²) >= 11 is 0. The molecule has 160 valence electrons. The van der Waals surface area contributed by atoms with Crippen LogP contribution in [0, 0.1) is 0 Å². The van der Waals surface area contributed by atoms with E-state index in [2.05, 4.69) is 109 Å². The standard InChI is InChI=1S/C28H39N2/c1-4-6-10-19-27(30-22-21-29(24-30)20-7-5-2)28(3,26-17-13-9-14-18-26)23-25-15-11-8-12-16-25/h8-9,11-18,21-22,24,27H,4-7,10,19-20,23H2,1-3H3/q+1. The SMILES string of the molecule is CCCCCC(n1cc[n+](CCCC)c1)C(C)(Cc1ccccc1)c1ccccc1. The average molecular weight is 404 g/mol. The lowest BCUT2D eigenvalue weighted by Gasteiger charge is -2.37. The molecule has 0 aliphatic carbocycles. The van der Waals surface area contributed by atoms with Crippen LogP contribution in [-0.2, 0) is 18.4 Å². The van der Waals surface area contributed by atoms with Gasteiger partial charge in [0, 0.05) is 5.41 Å². The van der Waals surface area contributed by atoms with Crippen LogP contribution in [0.1, 0.15) is 76.5 Å². The van der Waals surface area contributed by atoms with Crippen molar-refractivity contribution in [3.8, 4) is 0 Å². The molecular formula is C28H39N2+. The van der Waals surface area contributed by atoms with E-state index >= 15 is 0 Å². The van der Waals surface area contributed by atoms with Gasteiger partial charge in [-0.15, -0.1) is 0 Å². The molecule has 0 aliphatic rings. The summed E-state index contributed by atoms with van der Waals surface area (Å²) in [7, 11) is 0. The highest BCUT2D eigenvalue weighted by molar-refractivity contribution is 5.30. The summed E-state index contributed by atoms with van der Waals surface area (Å²) in [6, 6.07) is 22.6. The number of imidazole rings is 1. The minimum absolute atomic E-state index is 0.0258. The first-order valence-electron chi connectivity index (χ1n) is 11.8. The number of hydrogen-bond acceptors (Lipinski definition) is 0. The molecule has 0 amide bonds. The van der Waals surface area contributed by atoms with Crippen LogP contribution in [0.4, 0.5) is 0 Å². The molecular weight excluding hydrogens is 364 g/mol. The van der Waals surface area contributed by atoms with E-state index in [4.69, 9.17) is 0 Å². The van der Waals surface area contributed by atoms with Crippen LogP contribution in [0.2, 0.25) is 0 Å². The predicted octanol–water partition coefficient (Wildman–Crippen LogP) is 6.90. The fraction of sp³-hybridized carbons (Fsp3) is 0.464. The van der Waals surface area contributed by atoms with Crippen molar-refractivity contribution in [1.29, 1.82) is 0 Å². The minimum atomic E-state index is 0.0258. The average Bonchev–Trinajstić information content (AvgIpc) is 3.25. The van der Waals surface area contributed by atoms with Gasteiger partial charge in [0.25, 0.3) is 0 Å². The van der Waals surface area contributed by atoms with E-state index in [1.165, 1.54) is 49.7 Å². The number of aryl methyl sites for hydroxylation is 1. The van der Waals surface area contributed by atoms with Crippen LogP contribution >= 0.6 is 0 Å². The van der Waals surface area contributed by atoms with Crippen LogP contribution in [0.5, 0.6) is 0 Å². The van der Waals surface area contributed by atoms with Crippen molar-refractivity contribution in [2.45, 2.75) is 83.7 Å². The Labute approximate surface area is 183 Å². The van der Waals surface area contributed by atoms with Gasteiger partial charge in [0.1, 0.15) is 18.4 Å². The summed E-state index contributed by atoms with van der Waals surface area (Å²) in [5, 5.41) is 0. The summed E-state index contributed by atoms with van der Waals surface area (Å²) in [6.07, 6.45) is 15.4. The third-order valence-electron chi connectivity index (χ3n) is 6.51. The zero-order chi connectivity index (χ0) is 21.2. The Kier molecular flexibility index (Phi) is 8.30. The van der Waals surface area contributed by atoms with Crippen molar-refractivity contribution >= 4 is 0 Å². The second kappa shape index (κ2) is 11.2. The highest BCUT2D eigenvalue weighted by Gasteiger charge is 2.40. The molecule has 30 heavy (non-hydrogen) atoms. The lowest BCUT2D eigenvalue weighted by atomic mass is 9.70. The molecule has 2 unspecified atom stereocenters. The molecule has 1 aromatic heterocycles. The molecule has 2 atom stereocenters. The van der Waals surface area contributed by atoms with Crippen molar-refractivity contribution in [3.63, 3.8) is 0 Å². The largest absolute Gasteiger partial charge is 0.244 e. The maximum absolute atomic E-state index is 2.50. The van der Waals surface area contributed by atoms with Gasteiger partial charge < -0.3 is 0 Å². The van der Waals surface area contributed by atoms with Crippen LogP contribution in [0.3, 0.4) is 0 Å². The number of rotatable bonds is 12. The molecule has 0 spiro atoms. The van der Waals surface area contributed by atoms with Gasteiger partial charge >= 0.3 is 0 Å². The van der Waals surface area contributed by atoms with Crippen molar-refractivity contribution in [2.24, 2.45) is 0 Å². The zero-order valence-corrected chi connectivity index (χ0v) is 19.1. The number of nitrogens with zero attached hydrogens (tertiary/aromatic N) is 2. The van der Waals surface area contributed by atoms with E-state index in [9.17, 15) is 0 Å². The Morgan fingerprint density at radius 2 is 1.53 bits per heavy atom. The molecule has 0 fully saturated rings. The van der Waals surface area contributed by atoms with Crippen molar-refractivity contribution < 1.29 is 4.57 Å². The highest BCUT2D eigenvalue weighted by Crippen LogP contribution is 2.41. The van der Waals surface area contributed by atoms with Crippen molar-refractivity contribution in [2.75, 3.05) is 0 Å². The predicted molar refractivity (Wildman–Crippen MR) is 127 cm³/mol. The smallest absolute Gasteiger partial charge is 0.237 e. The van der Waals surface area contributed by atoms with Gasteiger partial charge in [0.2, 0.25) is 6.33 Å². The molecule has 1 heterocycles. The number of unbranched alkanes of at least 4 members (excludes halogenated alkanes) is 3. The molecule has 2 nitrogen and oxygen atoms in total. The number of hydrogen-bond donors (Lipinski definition) is 0. The van der Waals surface area contributed by atoms with Gasteiger partial charge in [0.05, 0.1) is 6.54 Å². The molecule has 0 radical (unpaired) electrons. The number of benzene rings is 2. The third kappa shape index (κ3) is 5.62. The van der Waals surface area contributed by atoms with E-state index < -0.39 is 0 Å². The van der Waals surface area contributed by atoms with Gasteiger partial charge in [-0.3, -0.25) is 0 Å². The van der Waals surface area contributed by atoms with E-state index in [0.717, 1.165) is 13.0 Å². The first-order valence-corrected chi connectivity index (χ1v) is 11.8. The Morgan fingerprint density at radius 1 is 0.867 bits per heavy atom. The molecule has 2 heteroatoms. The summed E-state index contributed by atoms with van der Waals surface area (Å²) in [5.74, 6) is 0. The zero-order valence-electron chi connectivity index (χ0n) is 19.1. The summed E-state index contributed by atoms with van der Waals surface area (Å²) in [6.45, 7) is 8.13. The van der Waals surface area contributed by atoms with Crippen LogP contribution in [-0.4, -0.2) is 4.57 Å². The fourth-order valence-electron chi connectivity index (χ4n) is 4.70. The van der Waals surface area contributed by atoms with Gasteiger partial charge in [0.15, 0.2) is 0 Å². The molecule has 0 N–H and O–H groups in total. The van der Waals surface area contributed by atoms with Crippen molar-refractivity contribution in [1.82, 2.24) is 4.57 Å². The normalized spacial score (nSPS) is 14.4. The van der Waals surface area contributed by atoms with E-state index in [1.807, 2.05) is 0 Å². The van der Waals surface area contributed by atoms with E-state index in [0.29, 0.717) is 6.04 Å². The molecule has 3 aromatic rings. The molecule has 0 saturated heterocycles. The van der Waals surface area contributed by atoms with E-state index in [1.54, 1.807) is 0 Å². The minimum Gasteiger partial charge on any atom is -0.237 e. The Morgan fingerprint density at radius 3 is 2.20 bits per heavy atom. The van der Waals surface area contributed by atoms with Crippen LogP contribution in [0.25, 0.3) is 0 Å². The lowest BCUT2D eigenvalue weighted by molar-refractivity contribution is -0.697. The second-order valence-corrected chi connectivity index (χ2v) is 8.91. The molecule has 0 saturated carbocycles. The van der Waals surface area contributed by atoms with Gasteiger partial charge in [-0.2, -0.15) is 0 Å². The maximum Gasteiger partial charge on any atom is 0.244 e. The highest BCUT2D eigenvalue weighted by atomic mass is 15.1. The Hall–Kier alpha value is -2.35. The van der Waals surface area contributed by atoms with Gasteiger partial charge in [-0.25, -0.2) is 9.13 Å². The first-order chi connectivity index (χ1) is 14.7. The van der Waals surface area contributed by atoms with E-state index in [-0.39, 0.29) is 5.41 Å². The first kappa shape index (κ1) is 22.3. The molecule has 0 bridgehead atoms. The quantitative estimate of drug-likeness (QED) is 0.230. The summed E-state index contributed by atoms with van der Waals surface area (Å²) < 4.78 is 4.87. The van der Waals surface area contributed by atoms with Gasteiger partial charge in [-0.05, 0) is 36.8 Å². The number of aromatic nitrogens is 2. The Balaban J connectivity index is 2.00. The van der Waals surface area contributed by atoms with Gasteiger partial charge in [-0.1, -0.05) is 101 Å². The van der Waals surface area contributed by atoms with Crippen molar-refractivity contribution in [3.05, 3.63) is 90.5 Å². The molecule has 0 aliphatic heterocycles.